The second-order valence-electron chi connectivity index (χ2n) is 8.73. The predicted molar refractivity (Wildman–Crippen MR) is 153 cm³/mol. The molecule has 0 unspecified atom stereocenters. The van der Waals surface area contributed by atoms with Crippen LogP contribution >= 0.6 is 0 Å². The van der Waals surface area contributed by atoms with Crippen molar-refractivity contribution in [1.29, 1.82) is 0 Å². The molecule has 0 aromatic heterocycles. The van der Waals surface area contributed by atoms with Crippen molar-refractivity contribution in [1.82, 2.24) is 13.7 Å². The van der Waals surface area contributed by atoms with Gasteiger partial charge in [-0.1, -0.05) is 36.4 Å². The van der Waals surface area contributed by atoms with Gasteiger partial charge in [0, 0.05) is 44.4 Å². The third-order valence-electron chi connectivity index (χ3n) is 5.91. The molecule has 0 bridgehead atoms. The molecule has 3 rings (SSSR count). The fourth-order valence-electron chi connectivity index (χ4n) is 3.91. The molecule has 0 radical (unpaired) electrons. The first-order valence-electron chi connectivity index (χ1n) is 12.3. The van der Waals surface area contributed by atoms with Crippen LogP contribution in [0.2, 0.25) is 0 Å². The Hall–Kier alpha value is -4.41. The number of rotatable bonds is 16. The van der Waals surface area contributed by atoms with E-state index in [9.17, 15) is 55.6 Å². The van der Waals surface area contributed by atoms with Gasteiger partial charge in [0.25, 0.3) is 17.1 Å². The van der Waals surface area contributed by atoms with Crippen LogP contribution in [0.5, 0.6) is 0 Å². The maximum Gasteiger partial charge on any atom is 0.289 e. The van der Waals surface area contributed by atoms with E-state index < -0.39 is 103 Å². The minimum absolute atomic E-state index is 0.253. The molecule has 0 spiro atoms. The summed E-state index contributed by atoms with van der Waals surface area (Å²) in [6.45, 7) is -2.17. The Balaban J connectivity index is 1.83. The van der Waals surface area contributed by atoms with Crippen molar-refractivity contribution in [3.63, 3.8) is 0 Å². The van der Waals surface area contributed by atoms with Gasteiger partial charge < -0.3 is 0 Å². The zero-order chi connectivity index (χ0) is 32.7. The third-order valence-corrected chi connectivity index (χ3v) is 10.9. The molecule has 0 aliphatic carbocycles. The van der Waals surface area contributed by atoms with E-state index in [4.69, 9.17) is 0 Å². The molecule has 0 amide bonds. The lowest BCUT2D eigenvalue weighted by atomic mass is 10.3. The highest BCUT2D eigenvalue weighted by molar-refractivity contribution is 7.90. The maximum atomic E-state index is 13.5. The fourth-order valence-corrected chi connectivity index (χ4v) is 7.98. The lowest BCUT2D eigenvalue weighted by molar-refractivity contribution is -0.388. The Kier molecular flexibility index (Phi) is 10.8. The second-order valence-corrected chi connectivity index (χ2v) is 14.1. The van der Waals surface area contributed by atoms with Crippen molar-refractivity contribution in [3.05, 3.63) is 103 Å². The van der Waals surface area contributed by atoms with Crippen LogP contribution in [0.3, 0.4) is 0 Å². The third kappa shape index (κ3) is 7.94. The molecule has 0 saturated heterocycles. The molecule has 0 heterocycles. The maximum absolute atomic E-state index is 13.5. The Bertz CT molecular complexity index is 1900. The molecule has 2 N–H and O–H groups in total. The fraction of sp³-hybridized carbons (Fsp3) is 0.217. The molecule has 3 aromatic rings. The topological polar surface area (TPSA) is 259 Å². The molecule has 0 aliphatic heterocycles. The standard InChI is InChI=1S/C23H24N6O12S3/c30-27(31)18-8-1-4-11-21(18)42(36,37)24-14-7-16-26(44(40,41)23-13-6-3-10-20(23)29(34)35)17-15-25-43(38,39)22-12-5-2-9-19(22)28(32)33/h1-6,8-13,24-25H,7,14-17H2. The van der Waals surface area contributed by atoms with Crippen LogP contribution in [0.15, 0.2) is 87.5 Å². The van der Waals surface area contributed by atoms with E-state index in [0.29, 0.717) is 4.31 Å². The Morgan fingerprint density at radius 3 is 1.34 bits per heavy atom. The number of hydrogen-bond acceptors (Lipinski definition) is 12. The number of sulfonamides is 3. The first-order valence-corrected chi connectivity index (χ1v) is 16.7. The number of para-hydroxylation sites is 3. The first-order chi connectivity index (χ1) is 20.6. The lowest BCUT2D eigenvalue weighted by Crippen LogP contribution is -2.40. The average molecular weight is 673 g/mol. The SMILES string of the molecule is O=[N+]([O-])c1ccccc1S(=O)(=O)NCCCN(CCNS(=O)(=O)c1ccccc1[N+](=O)[O-])S(=O)(=O)c1ccccc1[N+](=O)[O-]. The molecule has 236 valence electrons. The van der Waals surface area contributed by atoms with Crippen LogP contribution in [0.4, 0.5) is 17.1 Å². The van der Waals surface area contributed by atoms with Crippen molar-refractivity contribution in [3.8, 4) is 0 Å². The highest BCUT2D eigenvalue weighted by Gasteiger charge is 2.32. The lowest BCUT2D eigenvalue weighted by Gasteiger charge is -2.22. The molecule has 44 heavy (non-hydrogen) atoms. The van der Waals surface area contributed by atoms with E-state index >= 15 is 0 Å². The van der Waals surface area contributed by atoms with Crippen molar-refractivity contribution < 1.29 is 40.0 Å². The number of nitrogens with zero attached hydrogens (tertiary/aromatic N) is 4. The molecule has 3 aromatic carbocycles. The van der Waals surface area contributed by atoms with Crippen LogP contribution in [-0.2, 0) is 30.1 Å². The summed E-state index contributed by atoms with van der Waals surface area (Å²) >= 11 is 0. The normalized spacial score (nSPS) is 12.2. The number of hydrogen-bond donors (Lipinski definition) is 2. The van der Waals surface area contributed by atoms with Gasteiger partial charge in [-0.2, -0.15) is 4.31 Å². The van der Waals surface area contributed by atoms with Gasteiger partial charge in [-0.15, -0.1) is 0 Å². The Labute approximate surface area is 250 Å². The van der Waals surface area contributed by atoms with E-state index in [2.05, 4.69) is 9.44 Å². The minimum atomic E-state index is -4.68. The van der Waals surface area contributed by atoms with Gasteiger partial charge in [-0.3, -0.25) is 30.3 Å². The summed E-state index contributed by atoms with van der Waals surface area (Å²) in [5, 5.41) is 34.0. The molecular formula is C23H24N6O12S3. The van der Waals surface area contributed by atoms with Crippen molar-refractivity contribution in [2.24, 2.45) is 0 Å². The highest BCUT2D eigenvalue weighted by Crippen LogP contribution is 2.27. The van der Waals surface area contributed by atoms with Gasteiger partial charge in [0.05, 0.1) is 14.8 Å². The van der Waals surface area contributed by atoms with Gasteiger partial charge in [0.1, 0.15) is 0 Å². The van der Waals surface area contributed by atoms with Gasteiger partial charge in [0.2, 0.25) is 30.1 Å². The molecular weight excluding hydrogens is 648 g/mol. The van der Waals surface area contributed by atoms with Crippen LogP contribution in [0.1, 0.15) is 6.42 Å². The van der Waals surface area contributed by atoms with Crippen molar-refractivity contribution >= 4 is 47.1 Å². The summed E-state index contributed by atoms with van der Waals surface area (Å²) < 4.78 is 82.8. The minimum Gasteiger partial charge on any atom is -0.258 e. The van der Waals surface area contributed by atoms with Crippen molar-refractivity contribution in [2.45, 2.75) is 21.1 Å². The molecule has 18 nitrogen and oxygen atoms in total. The van der Waals surface area contributed by atoms with E-state index in [-0.39, 0.29) is 6.42 Å². The molecule has 0 aliphatic rings. The van der Waals surface area contributed by atoms with Crippen molar-refractivity contribution in [2.75, 3.05) is 26.2 Å². The van der Waals surface area contributed by atoms with E-state index in [1.54, 1.807) is 0 Å². The van der Waals surface area contributed by atoms with Crippen LogP contribution in [0, 0.1) is 30.3 Å². The zero-order valence-electron chi connectivity index (χ0n) is 22.4. The first kappa shape index (κ1) is 34.1. The summed E-state index contributed by atoms with van der Waals surface area (Å²) in [6.07, 6.45) is -0.253. The number of nitro groups is 3. The Morgan fingerprint density at radius 1 is 0.545 bits per heavy atom. The molecule has 0 atom stereocenters. The van der Waals surface area contributed by atoms with Gasteiger partial charge >= 0.3 is 0 Å². The summed E-state index contributed by atoms with van der Waals surface area (Å²) in [6, 6.07) is 13.4. The molecule has 0 fully saturated rings. The van der Waals surface area contributed by atoms with Gasteiger partial charge in [-0.25, -0.2) is 34.7 Å². The Morgan fingerprint density at radius 2 is 0.909 bits per heavy atom. The monoisotopic (exact) mass is 672 g/mol. The summed E-state index contributed by atoms with van der Waals surface area (Å²) in [5.74, 6) is 0. The number of nitrogens with one attached hydrogen (secondary N) is 2. The van der Waals surface area contributed by atoms with Crippen LogP contribution in [0.25, 0.3) is 0 Å². The second kappa shape index (κ2) is 13.9. The number of nitro benzene ring substituents is 3. The predicted octanol–water partition coefficient (Wildman–Crippen LogP) is 1.75. The summed E-state index contributed by atoms with van der Waals surface area (Å²) in [4.78, 5) is 29.3. The highest BCUT2D eigenvalue weighted by atomic mass is 32.2. The van der Waals surface area contributed by atoms with E-state index in [0.717, 1.165) is 36.4 Å². The number of benzene rings is 3. The summed E-state index contributed by atoms with van der Waals surface area (Å²) in [5.41, 5.74) is -2.18. The van der Waals surface area contributed by atoms with Crippen LogP contribution in [-0.4, -0.2) is 70.5 Å². The van der Waals surface area contributed by atoms with E-state index in [1.165, 1.54) is 36.4 Å². The molecule has 21 heteroatoms. The van der Waals surface area contributed by atoms with E-state index in [1.807, 2.05) is 0 Å². The quantitative estimate of drug-likeness (QED) is 0.125. The molecule has 0 saturated carbocycles. The zero-order valence-corrected chi connectivity index (χ0v) is 24.8. The van der Waals surface area contributed by atoms with Gasteiger partial charge in [0.15, 0.2) is 14.7 Å². The van der Waals surface area contributed by atoms with Gasteiger partial charge in [-0.05, 0) is 24.6 Å². The van der Waals surface area contributed by atoms with Crippen LogP contribution < -0.4 is 9.44 Å². The smallest absolute Gasteiger partial charge is 0.258 e. The largest absolute Gasteiger partial charge is 0.289 e. The summed E-state index contributed by atoms with van der Waals surface area (Å²) in [7, 11) is -13.6. The average Bonchev–Trinajstić information content (AvgIpc) is 2.98.